The van der Waals surface area contributed by atoms with Gasteiger partial charge in [-0.15, -0.1) is 0 Å². The summed E-state index contributed by atoms with van der Waals surface area (Å²) in [5, 5.41) is 0. The SMILES string of the molecule is CC[C@H](N)C(=O)N1CCCC(NS(C)(=O)=O)C1. The Hall–Kier alpha value is -0.660. The van der Waals surface area contributed by atoms with Gasteiger partial charge in [0.1, 0.15) is 0 Å². The van der Waals surface area contributed by atoms with Crippen LogP contribution in [0.2, 0.25) is 0 Å². The Morgan fingerprint density at radius 2 is 2.24 bits per heavy atom. The number of likely N-dealkylation sites (tertiary alicyclic amines) is 1. The molecule has 0 aromatic rings. The summed E-state index contributed by atoms with van der Waals surface area (Å²) in [7, 11) is -3.22. The summed E-state index contributed by atoms with van der Waals surface area (Å²) >= 11 is 0. The van der Waals surface area contributed by atoms with Crippen LogP contribution in [0.4, 0.5) is 0 Å². The molecular weight excluding hydrogens is 242 g/mol. The van der Waals surface area contributed by atoms with Crippen LogP contribution in [0.1, 0.15) is 26.2 Å². The van der Waals surface area contributed by atoms with E-state index in [4.69, 9.17) is 5.73 Å². The first kappa shape index (κ1) is 14.4. The van der Waals surface area contributed by atoms with E-state index in [1.165, 1.54) is 0 Å². The van der Waals surface area contributed by atoms with Gasteiger partial charge in [-0.1, -0.05) is 6.92 Å². The van der Waals surface area contributed by atoms with Crippen molar-refractivity contribution in [3.05, 3.63) is 0 Å². The van der Waals surface area contributed by atoms with Crippen molar-refractivity contribution in [3.63, 3.8) is 0 Å². The van der Waals surface area contributed by atoms with Crippen LogP contribution in [0.25, 0.3) is 0 Å². The molecule has 0 bridgehead atoms. The highest BCUT2D eigenvalue weighted by molar-refractivity contribution is 7.88. The van der Waals surface area contributed by atoms with E-state index >= 15 is 0 Å². The number of rotatable bonds is 4. The van der Waals surface area contributed by atoms with Gasteiger partial charge in [-0.25, -0.2) is 13.1 Å². The first-order chi connectivity index (χ1) is 7.83. The van der Waals surface area contributed by atoms with E-state index in [1.807, 2.05) is 6.92 Å². The lowest BCUT2D eigenvalue weighted by atomic mass is 10.1. The second kappa shape index (κ2) is 5.79. The zero-order chi connectivity index (χ0) is 13.1. The molecule has 1 unspecified atom stereocenters. The zero-order valence-corrected chi connectivity index (χ0v) is 11.2. The Labute approximate surface area is 103 Å². The number of carbonyl (C=O) groups excluding carboxylic acids is 1. The minimum atomic E-state index is -3.22. The van der Waals surface area contributed by atoms with Gasteiger partial charge >= 0.3 is 0 Å². The number of nitrogens with two attached hydrogens (primary N) is 1. The molecule has 1 aliphatic heterocycles. The minimum absolute atomic E-state index is 0.0903. The summed E-state index contributed by atoms with van der Waals surface area (Å²) in [6, 6.07) is -0.668. The van der Waals surface area contributed by atoms with E-state index < -0.39 is 16.1 Å². The van der Waals surface area contributed by atoms with Gasteiger partial charge in [-0.2, -0.15) is 0 Å². The highest BCUT2D eigenvalue weighted by atomic mass is 32.2. The second-order valence-corrected chi connectivity index (χ2v) is 6.31. The summed E-state index contributed by atoms with van der Waals surface area (Å²) in [4.78, 5) is 13.5. The molecular formula is C10H21N3O3S. The van der Waals surface area contributed by atoms with Gasteiger partial charge in [-0.05, 0) is 19.3 Å². The fourth-order valence-corrected chi connectivity index (χ4v) is 2.78. The van der Waals surface area contributed by atoms with Gasteiger partial charge in [0.05, 0.1) is 12.3 Å². The number of nitrogens with zero attached hydrogens (tertiary/aromatic N) is 1. The Morgan fingerprint density at radius 1 is 1.59 bits per heavy atom. The molecule has 0 spiro atoms. The Bertz CT molecular complexity index is 369. The summed E-state index contributed by atoms with van der Waals surface area (Å²) in [5.74, 6) is -0.0903. The Kier molecular flexibility index (Phi) is 4.91. The molecule has 1 amide bonds. The van der Waals surface area contributed by atoms with E-state index in [0.717, 1.165) is 19.1 Å². The van der Waals surface area contributed by atoms with Crippen LogP contribution in [0, 0.1) is 0 Å². The average molecular weight is 263 g/mol. The monoisotopic (exact) mass is 263 g/mol. The molecule has 2 atom stereocenters. The van der Waals surface area contributed by atoms with E-state index in [2.05, 4.69) is 4.72 Å². The summed E-state index contributed by atoms with van der Waals surface area (Å²) in [6.45, 7) is 2.94. The number of sulfonamides is 1. The second-order valence-electron chi connectivity index (χ2n) is 4.53. The van der Waals surface area contributed by atoms with Gasteiger partial charge in [0.25, 0.3) is 0 Å². The lowest BCUT2D eigenvalue weighted by Crippen LogP contribution is -2.53. The van der Waals surface area contributed by atoms with Crippen molar-refractivity contribution in [2.45, 2.75) is 38.3 Å². The molecule has 0 saturated carbocycles. The lowest BCUT2D eigenvalue weighted by Gasteiger charge is -2.34. The smallest absolute Gasteiger partial charge is 0.239 e. The maximum atomic E-state index is 11.9. The molecule has 3 N–H and O–H groups in total. The van der Waals surface area contributed by atoms with E-state index in [1.54, 1.807) is 4.90 Å². The maximum absolute atomic E-state index is 11.9. The normalized spacial score (nSPS) is 23.5. The zero-order valence-electron chi connectivity index (χ0n) is 10.3. The van der Waals surface area contributed by atoms with Gasteiger partial charge in [0.15, 0.2) is 0 Å². The van der Waals surface area contributed by atoms with Crippen LogP contribution < -0.4 is 10.5 Å². The molecule has 1 fully saturated rings. The largest absolute Gasteiger partial charge is 0.340 e. The van der Waals surface area contributed by atoms with Crippen molar-refractivity contribution < 1.29 is 13.2 Å². The highest BCUT2D eigenvalue weighted by Crippen LogP contribution is 2.12. The van der Waals surface area contributed by atoms with Gasteiger partial charge in [0.2, 0.25) is 15.9 Å². The molecule has 0 radical (unpaired) electrons. The first-order valence-electron chi connectivity index (χ1n) is 5.85. The molecule has 1 heterocycles. The molecule has 0 aliphatic carbocycles. The number of piperidine rings is 1. The molecule has 0 aromatic heterocycles. The van der Waals surface area contributed by atoms with E-state index in [0.29, 0.717) is 19.5 Å². The molecule has 0 aromatic carbocycles. The predicted molar refractivity (Wildman–Crippen MR) is 65.8 cm³/mol. The van der Waals surface area contributed by atoms with Crippen molar-refractivity contribution in [1.29, 1.82) is 0 Å². The van der Waals surface area contributed by atoms with Crippen molar-refractivity contribution in [2.75, 3.05) is 19.3 Å². The topological polar surface area (TPSA) is 92.5 Å². The number of nitrogens with one attached hydrogen (secondary N) is 1. The van der Waals surface area contributed by atoms with Crippen molar-refractivity contribution in [1.82, 2.24) is 9.62 Å². The van der Waals surface area contributed by atoms with Gasteiger partial charge in [-0.3, -0.25) is 4.79 Å². The van der Waals surface area contributed by atoms with Crippen LogP contribution in [0.3, 0.4) is 0 Å². The van der Waals surface area contributed by atoms with Crippen molar-refractivity contribution in [3.8, 4) is 0 Å². The molecule has 17 heavy (non-hydrogen) atoms. The summed E-state index contributed by atoms with van der Waals surface area (Å²) < 4.78 is 24.8. The fraction of sp³-hybridized carbons (Fsp3) is 0.900. The van der Waals surface area contributed by atoms with Gasteiger partial charge in [0, 0.05) is 19.1 Å². The van der Waals surface area contributed by atoms with Crippen LogP contribution in [0.15, 0.2) is 0 Å². The third-order valence-electron chi connectivity index (χ3n) is 2.87. The third-order valence-corrected chi connectivity index (χ3v) is 3.63. The first-order valence-corrected chi connectivity index (χ1v) is 7.74. The predicted octanol–water partition coefficient (Wildman–Crippen LogP) is -0.736. The lowest BCUT2D eigenvalue weighted by molar-refractivity contribution is -0.133. The Balaban J connectivity index is 2.57. The minimum Gasteiger partial charge on any atom is -0.340 e. The van der Waals surface area contributed by atoms with Gasteiger partial charge < -0.3 is 10.6 Å². The third kappa shape index (κ3) is 4.61. The van der Waals surface area contributed by atoms with E-state index in [9.17, 15) is 13.2 Å². The molecule has 7 heteroatoms. The molecule has 6 nitrogen and oxygen atoms in total. The Morgan fingerprint density at radius 3 is 2.76 bits per heavy atom. The standard InChI is InChI=1S/C10H21N3O3S/c1-3-9(11)10(14)13-6-4-5-8(7-13)12-17(2,15)16/h8-9,12H,3-7,11H2,1-2H3/t8?,9-/m0/s1. The number of hydrogen-bond donors (Lipinski definition) is 2. The van der Waals surface area contributed by atoms with Crippen LogP contribution in [-0.2, 0) is 14.8 Å². The van der Waals surface area contributed by atoms with Crippen molar-refractivity contribution >= 4 is 15.9 Å². The van der Waals surface area contributed by atoms with Crippen LogP contribution >= 0.6 is 0 Å². The number of hydrogen-bond acceptors (Lipinski definition) is 4. The van der Waals surface area contributed by atoms with Crippen LogP contribution in [0.5, 0.6) is 0 Å². The average Bonchev–Trinajstić information content (AvgIpc) is 2.25. The number of amides is 1. The number of carbonyl (C=O) groups is 1. The van der Waals surface area contributed by atoms with E-state index in [-0.39, 0.29) is 11.9 Å². The summed E-state index contributed by atoms with van der Waals surface area (Å²) in [5.41, 5.74) is 5.69. The van der Waals surface area contributed by atoms with Crippen molar-refractivity contribution in [2.24, 2.45) is 5.73 Å². The molecule has 1 rings (SSSR count). The molecule has 1 saturated heterocycles. The quantitative estimate of drug-likeness (QED) is 0.699. The fourth-order valence-electron chi connectivity index (χ4n) is 1.99. The molecule has 1 aliphatic rings. The highest BCUT2D eigenvalue weighted by Gasteiger charge is 2.27. The molecule has 100 valence electrons. The maximum Gasteiger partial charge on any atom is 0.239 e. The summed E-state index contributed by atoms with van der Waals surface area (Å²) in [6.07, 6.45) is 3.29. The van der Waals surface area contributed by atoms with Crippen LogP contribution in [-0.4, -0.2) is 50.7 Å².